The van der Waals surface area contributed by atoms with Gasteiger partial charge < -0.3 is 4.74 Å². The van der Waals surface area contributed by atoms with E-state index >= 15 is 0 Å². The number of esters is 1. The SMILES string of the molecule is CCOC(=O)CSc1nc(C)cc(-c2ccc(Br)cc2)c1C#N. The lowest BCUT2D eigenvalue weighted by atomic mass is 10.0. The molecule has 0 saturated heterocycles. The highest BCUT2D eigenvalue weighted by Gasteiger charge is 2.15. The number of carbonyl (C=O) groups excluding carboxylic acids is 1. The summed E-state index contributed by atoms with van der Waals surface area (Å²) >= 11 is 4.63. The topological polar surface area (TPSA) is 63.0 Å². The molecule has 0 unspecified atom stereocenters. The van der Waals surface area contributed by atoms with Crippen LogP contribution >= 0.6 is 27.7 Å². The van der Waals surface area contributed by atoms with Gasteiger partial charge in [0.25, 0.3) is 0 Å². The second-order valence-corrected chi connectivity index (χ2v) is 6.58. The summed E-state index contributed by atoms with van der Waals surface area (Å²) in [5.41, 5.74) is 3.03. The number of halogens is 1. The van der Waals surface area contributed by atoms with Crippen molar-refractivity contribution in [2.75, 3.05) is 12.4 Å². The maximum atomic E-state index is 11.5. The average Bonchev–Trinajstić information content (AvgIpc) is 2.53. The van der Waals surface area contributed by atoms with Gasteiger partial charge >= 0.3 is 5.97 Å². The van der Waals surface area contributed by atoms with Gasteiger partial charge in [-0.2, -0.15) is 5.26 Å². The first kappa shape index (κ1) is 17.5. The highest BCUT2D eigenvalue weighted by atomic mass is 79.9. The quantitative estimate of drug-likeness (QED) is 0.560. The zero-order chi connectivity index (χ0) is 16.8. The third-order valence-electron chi connectivity index (χ3n) is 3.01. The van der Waals surface area contributed by atoms with E-state index in [0.717, 1.165) is 21.3 Å². The summed E-state index contributed by atoms with van der Waals surface area (Å²) < 4.78 is 5.89. The molecular weight excluding hydrogens is 376 g/mol. The molecule has 0 fully saturated rings. The van der Waals surface area contributed by atoms with Crippen LogP contribution in [0.25, 0.3) is 11.1 Å². The lowest BCUT2D eigenvalue weighted by Gasteiger charge is -2.10. The van der Waals surface area contributed by atoms with Crippen molar-refractivity contribution in [1.82, 2.24) is 4.98 Å². The van der Waals surface area contributed by atoms with Gasteiger partial charge in [-0.25, -0.2) is 4.98 Å². The van der Waals surface area contributed by atoms with E-state index < -0.39 is 0 Å². The molecule has 0 bridgehead atoms. The van der Waals surface area contributed by atoms with E-state index in [1.807, 2.05) is 37.3 Å². The number of rotatable bonds is 5. The average molecular weight is 391 g/mol. The summed E-state index contributed by atoms with van der Waals surface area (Å²) in [7, 11) is 0. The van der Waals surface area contributed by atoms with Crippen molar-refractivity contribution in [3.05, 3.63) is 46.1 Å². The molecular formula is C17H15BrN2O2S. The second kappa shape index (κ2) is 8.14. The van der Waals surface area contributed by atoms with Crippen LogP contribution in [0.2, 0.25) is 0 Å². The first-order valence-corrected chi connectivity index (χ1v) is 8.79. The molecule has 4 nitrogen and oxygen atoms in total. The number of pyridine rings is 1. The van der Waals surface area contributed by atoms with E-state index in [-0.39, 0.29) is 11.7 Å². The molecule has 0 aliphatic heterocycles. The fourth-order valence-corrected chi connectivity index (χ4v) is 3.15. The Balaban J connectivity index is 2.38. The molecule has 0 aliphatic rings. The largest absolute Gasteiger partial charge is 0.465 e. The van der Waals surface area contributed by atoms with Crippen molar-refractivity contribution in [3.63, 3.8) is 0 Å². The zero-order valence-electron chi connectivity index (χ0n) is 12.8. The lowest BCUT2D eigenvalue weighted by molar-refractivity contribution is -0.139. The van der Waals surface area contributed by atoms with Crippen LogP contribution in [0.1, 0.15) is 18.2 Å². The van der Waals surface area contributed by atoms with Crippen LogP contribution < -0.4 is 0 Å². The molecule has 118 valence electrons. The highest BCUT2D eigenvalue weighted by Crippen LogP contribution is 2.31. The van der Waals surface area contributed by atoms with Gasteiger partial charge in [0.15, 0.2) is 0 Å². The molecule has 1 aromatic carbocycles. The van der Waals surface area contributed by atoms with Crippen LogP contribution in [-0.2, 0) is 9.53 Å². The van der Waals surface area contributed by atoms with E-state index in [1.165, 1.54) is 11.8 Å². The van der Waals surface area contributed by atoms with Crippen molar-refractivity contribution < 1.29 is 9.53 Å². The first-order chi connectivity index (χ1) is 11.0. The lowest BCUT2D eigenvalue weighted by Crippen LogP contribution is -2.07. The summed E-state index contributed by atoms with van der Waals surface area (Å²) in [6, 6.07) is 11.8. The number of ether oxygens (including phenoxy) is 1. The summed E-state index contributed by atoms with van der Waals surface area (Å²) in [6.45, 7) is 3.98. The molecule has 0 aliphatic carbocycles. The van der Waals surface area contributed by atoms with E-state index in [2.05, 4.69) is 27.0 Å². The summed E-state index contributed by atoms with van der Waals surface area (Å²) in [6.07, 6.45) is 0. The summed E-state index contributed by atoms with van der Waals surface area (Å²) in [5, 5.41) is 10.1. The van der Waals surface area contributed by atoms with E-state index in [9.17, 15) is 10.1 Å². The smallest absolute Gasteiger partial charge is 0.316 e. The predicted molar refractivity (Wildman–Crippen MR) is 94.2 cm³/mol. The van der Waals surface area contributed by atoms with Gasteiger partial charge in [0.2, 0.25) is 0 Å². The molecule has 0 N–H and O–H groups in total. The molecule has 1 heterocycles. The van der Waals surface area contributed by atoms with Gasteiger partial charge in [0.05, 0.1) is 17.9 Å². The number of nitriles is 1. The van der Waals surface area contributed by atoms with Gasteiger partial charge in [0, 0.05) is 15.7 Å². The van der Waals surface area contributed by atoms with Gasteiger partial charge in [-0.15, -0.1) is 0 Å². The van der Waals surface area contributed by atoms with E-state index in [1.54, 1.807) is 6.92 Å². The van der Waals surface area contributed by atoms with Crippen molar-refractivity contribution in [2.45, 2.75) is 18.9 Å². The number of hydrogen-bond donors (Lipinski definition) is 0. The molecule has 23 heavy (non-hydrogen) atoms. The summed E-state index contributed by atoms with van der Waals surface area (Å²) in [5.74, 6) is -0.173. The number of aromatic nitrogens is 1. The Labute approximate surface area is 148 Å². The maximum Gasteiger partial charge on any atom is 0.316 e. The van der Waals surface area contributed by atoms with E-state index in [0.29, 0.717) is 17.2 Å². The molecule has 0 saturated carbocycles. The minimum atomic E-state index is -0.310. The van der Waals surface area contributed by atoms with Crippen LogP contribution in [0.5, 0.6) is 0 Å². The molecule has 0 radical (unpaired) electrons. The number of carbonyl (C=O) groups is 1. The Bertz CT molecular complexity index is 754. The van der Waals surface area contributed by atoms with Crippen LogP contribution in [0.3, 0.4) is 0 Å². The van der Waals surface area contributed by atoms with Gasteiger partial charge in [-0.3, -0.25) is 4.79 Å². The molecule has 0 amide bonds. The van der Waals surface area contributed by atoms with Gasteiger partial charge in [0.1, 0.15) is 11.1 Å². The van der Waals surface area contributed by atoms with Crippen LogP contribution in [0, 0.1) is 18.3 Å². The number of hydrogen-bond acceptors (Lipinski definition) is 5. The van der Waals surface area contributed by atoms with Crippen molar-refractivity contribution >= 4 is 33.7 Å². The predicted octanol–water partition coefficient (Wildman–Crippen LogP) is 4.35. The molecule has 6 heteroatoms. The fraction of sp³-hybridized carbons (Fsp3) is 0.235. The minimum absolute atomic E-state index is 0.138. The molecule has 0 atom stereocenters. The van der Waals surface area contributed by atoms with Crippen molar-refractivity contribution in [1.29, 1.82) is 5.26 Å². The standard InChI is InChI=1S/C17H15BrN2O2S/c1-3-22-16(21)10-23-17-15(9-19)14(8-11(2)20-17)12-4-6-13(18)7-5-12/h4-8H,3,10H2,1-2H3. The molecule has 2 aromatic rings. The van der Waals surface area contributed by atoms with Crippen molar-refractivity contribution in [2.24, 2.45) is 0 Å². The Kier molecular flexibility index (Phi) is 6.20. The normalized spacial score (nSPS) is 10.2. The third kappa shape index (κ3) is 4.57. The maximum absolute atomic E-state index is 11.5. The Morgan fingerprint density at radius 3 is 2.70 bits per heavy atom. The monoisotopic (exact) mass is 390 g/mol. The van der Waals surface area contributed by atoms with Gasteiger partial charge in [-0.1, -0.05) is 39.8 Å². The van der Waals surface area contributed by atoms with Crippen molar-refractivity contribution in [3.8, 4) is 17.2 Å². The fourth-order valence-electron chi connectivity index (χ4n) is 2.04. The third-order valence-corrected chi connectivity index (χ3v) is 4.49. The van der Waals surface area contributed by atoms with Crippen LogP contribution in [-0.4, -0.2) is 23.3 Å². The highest BCUT2D eigenvalue weighted by molar-refractivity contribution is 9.10. The number of benzene rings is 1. The van der Waals surface area contributed by atoms with Gasteiger partial charge in [-0.05, 0) is 37.6 Å². The summed E-state index contributed by atoms with van der Waals surface area (Å²) in [4.78, 5) is 15.9. The second-order valence-electron chi connectivity index (χ2n) is 4.70. The Morgan fingerprint density at radius 2 is 2.09 bits per heavy atom. The number of aryl methyl sites for hydroxylation is 1. The van der Waals surface area contributed by atoms with Crippen LogP contribution in [0.4, 0.5) is 0 Å². The number of nitrogens with zero attached hydrogens (tertiary/aromatic N) is 2. The Morgan fingerprint density at radius 1 is 1.39 bits per heavy atom. The molecule has 1 aromatic heterocycles. The zero-order valence-corrected chi connectivity index (χ0v) is 15.2. The number of thioether (sulfide) groups is 1. The molecule has 2 rings (SSSR count). The van der Waals surface area contributed by atoms with Crippen LogP contribution in [0.15, 0.2) is 39.8 Å². The first-order valence-electron chi connectivity index (χ1n) is 7.01. The molecule has 0 spiro atoms. The minimum Gasteiger partial charge on any atom is -0.465 e. The van der Waals surface area contributed by atoms with E-state index in [4.69, 9.17) is 4.74 Å². The Hall–Kier alpha value is -1.84.